The topological polar surface area (TPSA) is 9.23 Å². The van der Waals surface area contributed by atoms with E-state index in [0.717, 1.165) is 0 Å². The molecule has 2 aliphatic carbocycles. The Labute approximate surface area is 120 Å². The van der Waals surface area contributed by atoms with E-state index in [0.29, 0.717) is 51.4 Å². The second kappa shape index (κ2) is 6.34. The number of hydrogen-bond acceptors (Lipinski definition) is 1. The molecule has 0 saturated heterocycles. The lowest BCUT2D eigenvalue weighted by Crippen LogP contribution is -2.47. The Kier molecular flexibility index (Phi) is 5.11. The third kappa shape index (κ3) is 4.27. The summed E-state index contributed by atoms with van der Waals surface area (Å²) >= 11 is 0. The van der Waals surface area contributed by atoms with Crippen molar-refractivity contribution in [1.82, 2.24) is 0 Å². The van der Waals surface area contributed by atoms with Gasteiger partial charge in [-0.15, -0.1) is 0 Å². The van der Waals surface area contributed by atoms with E-state index in [2.05, 4.69) is 0 Å². The third-order valence-corrected chi connectivity index (χ3v) is 4.59. The van der Waals surface area contributed by atoms with Crippen LogP contribution in [0.1, 0.15) is 51.4 Å². The van der Waals surface area contributed by atoms with Gasteiger partial charge in [0.05, 0.1) is 0 Å². The Bertz CT molecular complexity index is 293. The lowest BCUT2D eigenvalue weighted by Gasteiger charge is -2.34. The highest BCUT2D eigenvalue weighted by Crippen LogP contribution is 2.43. The summed E-state index contributed by atoms with van der Waals surface area (Å²) in [6, 6.07) is 0. The average molecular weight is 318 g/mol. The minimum Gasteiger partial charge on any atom is -0.356 e. The van der Waals surface area contributed by atoms with Crippen LogP contribution in [0.5, 0.6) is 0 Å². The van der Waals surface area contributed by atoms with Crippen LogP contribution in [0.15, 0.2) is 0 Å². The second-order valence-corrected chi connectivity index (χ2v) is 6.15. The van der Waals surface area contributed by atoms with E-state index < -0.39 is 36.4 Å². The second-order valence-electron chi connectivity index (χ2n) is 6.15. The van der Waals surface area contributed by atoms with Crippen LogP contribution >= 0.6 is 0 Å². The van der Waals surface area contributed by atoms with E-state index in [9.17, 15) is 26.3 Å². The lowest BCUT2D eigenvalue weighted by molar-refractivity contribution is -0.305. The van der Waals surface area contributed by atoms with Crippen molar-refractivity contribution in [3.05, 3.63) is 0 Å². The number of hydrogen-bond donors (Lipinski definition) is 0. The molecule has 0 aromatic rings. The standard InChI is InChI=1S/C14H20F6O/c15-13(16,17)11(9-5-1-2-6-9)21-12(14(18,19)20)10-7-3-4-8-10/h9-12H,1-8H2. The summed E-state index contributed by atoms with van der Waals surface area (Å²) in [5, 5.41) is 0. The Morgan fingerprint density at radius 1 is 0.619 bits per heavy atom. The summed E-state index contributed by atoms with van der Waals surface area (Å²) in [5.74, 6) is -1.67. The molecule has 2 rings (SSSR count). The molecule has 0 heterocycles. The first-order valence-corrected chi connectivity index (χ1v) is 7.48. The third-order valence-electron chi connectivity index (χ3n) is 4.59. The summed E-state index contributed by atoms with van der Waals surface area (Å²) in [5.41, 5.74) is 0. The maximum absolute atomic E-state index is 13.1. The lowest BCUT2D eigenvalue weighted by atomic mass is 9.97. The van der Waals surface area contributed by atoms with Gasteiger partial charge in [-0.05, 0) is 37.5 Å². The number of halogens is 6. The first kappa shape index (κ1) is 16.9. The van der Waals surface area contributed by atoms with Crippen LogP contribution in [0.3, 0.4) is 0 Å². The molecule has 124 valence electrons. The summed E-state index contributed by atoms with van der Waals surface area (Å²) in [7, 11) is 0. The molecule has 0 amide bonds. The van der Waals surface area contributed by atoms with Gasteiger partial charge in [0.2, 0.25) is 0 Å². The minimum atomic E-state index is -4.74. The number of rotatable bonds is 4. The maximum Gasteiger partial charge on any atom is 0.414 e. The van der Waals surface area contributed by atoms with Gasteiger partial charge in [0.1, 0.15) is 0 Å². The summed E-state index contributed by atoms with van der Waals surface area (Å²) < 4.78 is 83.4. The Hall–Kier alpha value is -0.460. The van der Waals surface area contributed by atoms with Crippen molar-refractivity contribution in [2.75, 3.05) is 0 Å². The molecule has 0 spiro atoms. The fraction of sp³-hybridized carbons (Fsp3) is 1.00. The quantitative estimate of drug-likeness (QED) is 0.644. The molecule has 2 fully saturated rings. The van der Waals surface area contributed by atoms with Crippen LogP contribution in [0.4, 0.5) is 26.3 Å². The zero-order valence-electron chi connectivity index (χ0n) is 11.6. The van der Waals surface area contributed by atoms with Gasteiger partial charge in [0.15, 0.2) is 12.2 Å². The van der Waals surface area contributed by atoms with Crippen molar-refractivity contribution in [3.8, 4) is 0 Å². The van der Waals surface area contributed by atoms with Crippen molar-refractivity contribution < 1.29 is 31.1 Å². The van der Waals surface area contributed by atoms with Crippen molar-refractivity contribution in [1.29, 1.82) is 0 Å². The van der Waals surface area contributed by atoms with Crippen LogP contribution in [-0.2, 0) is 4.74 Å². The van der Waals surface area contributed by atoms with Gasteiger partial charge >= 0.3 is 12.4 Å². The van der Waals surface area contributed by atoms with E-state index in [1.165, 1.54) is 0 Å². The van der Waals surface area contributed by atoms with Crippen LogP contribution in [0.25, 0.3) is 0 Å². The highest BCUT2D eigenvalue weighted by Gasteiger charge is 2.54. The molecule has 0 aliphatic heterocycles. The van der Waals surface area contributed by atoms with E-state index in [1.54, 1.807) is 0 Å². The number of ether oxygens (including phenoxy) is 1. The highest BCUT2D eigenvalue weighted by atomic mass is 19.4. The Morgan fingerprint density at radius 2 is 0.905 bits per heavy atom. The molecular formula is C14H20F6O. The SMILES string of the molecule is FC(F)(F)C(OC(C1CCCC1)C(F)(F)F)C1CCCC1. The first-order chi connectivity index (χ1) is 9.69. The predicted octanol–water partition coefficient (Wildman–Crippen LogP) is 5.25. The molecule has 2 unspecified atom stereocenters. The molecule has 0 aromatic heterocycles. The molecule has 2 aliphatic rings. The van der Waals surface area contributed by atoms with Crippen molar-refractivity contribution in [3.63, 3.8) is 0 Å². The maximum atomic E-state index is 13.1. The zero-order chi connectivity index (χ0) is 15.7. The van der Waals surface area contributed by atoms with Crippen LogP contribution in [0, 0.1) is 11.8 Å². The van der Waals surface area contributed by atoms with Gasteiger partial charge in [-0.1, -0.05) is 25.7 Å². The van der Waals surface area contributed by atoms with E-state index >= 15 is 0 Å². The molecule has 0 aromatic carbocycles. The van der Waals surface area contributed by atoms with Gasteiger partial charge in [-0.3, -0.25) is 0 Å². The predicted molar refractivity (Wildman–Crippen MR) is 64.7 cm³/mol. The van der Waals surface area contributed by atoms with E-state index in [4.69, 9.17) is 4.74 Å². The van der Waals surface area contributed by atoms with Gasteiger partial charge in [0, 0.05) is 0 Å². The molecule has 7 heteroatoms. The van der Waals surface area contributed by atoms with Crippen molar-refractivity contribution in [2.45, 2.75) is 75.9 Å². The molecule has 0 radical (unpaired) electrons. The Balaban J connectivity index is 2.14. The summed E-state index contributed by atoms with van der Waals surface area (Å²) in [6.45, 7) is 0. The molecular weight excluding hydrogens is 298 g/mol. The Morgan fingerprint density at radius 3 is 1.14 bits per heavy atom. The largest absolute Gasteiger partial charge is 0.414 e. The van der Waals surface area contributed by atoms with Crippen LogP contribution in [0.2, 0.25) is 0 Å². The van der Waals surface area contributed by atoms with Gasteiger partial charge in [-0.25, -0.2) is 0 Å². The van der Waals surface area contributed by atoms with Gasteiger partial charge in [0.25, 0.3) is 0 Å². The fourth-order valence-electron chi connectivity index (χ4n) is 3.59. The average Bonchev–Trinajstić information content (AvgIpc) is 2.96. The summed E-state index contributed by atoms with van der Waals surface area (Å²) in [6.07, 6.45) is -10.4. The summed E-state index contributed by atoms with van der Waals surface area (Å²) in [4.78, 5) is 0. The van der Waals surface area contributed by atoms with Gasteiger partial charge < -0.3 is 4.74 Å². The zero-order valence-corrected chi connectivity index (χ0v) is 11.6. The molecule has 0 N–H and O–H groups in total. The fourth-order valence-corrected chi connectivity index (χ4v) is 3.59. The monoisotopic (exact) mass is 318 g/mol. The molecule has 0 bridgehead atoms. The van der Waals surface area contributed by atoms with Gasteiger partial charge in [-0.2, -0.15) is 26.3 Å². The number of alkyl halides is 6. The minimum absolute atomic E-state index is 0.291. The first-order valence-electron chi connectivity index (χ1n) is 7.48. The molecule has 2 saturated carbocycles. The molecule has 1 nitrogen and oxygen atoms in total. The van der Waals surface area contributed by atoms with Crippen LogP contribution < -0.4 is 0 Å². The highest BCUT2D eigenvalue weighted by molar-refractivity contribution is 4.87. The normalized spacial score (nSPS) is 25.4. The molecule has 21 heavy (non-hydrogen) atoms. The van der Waals surface area contributed by atoms with E-state index in [-0.39, 0.29) is 0 Å². The van der Waals surface area contributed by atoms with Crippen molar-refractivity contribution in [2.24, 2.45) is 11.8 Å². The van der Waals surface area contributed by atoms with Crippen molar-refractivity contribution >= 4 is 0 Å². The van der Waals surface area contributed by atoms with E-state index in [1.807, 2.05) is 0 Å². The molecule has 2 atom stereocenters. The smallest absolute Gasteiger partial charge is 0.356 e. The van der Waals surface area contributed by atoms with Crippen LogP contribution in [-0.4, -0.2) is 24.6 Å².